The number of hydrogen-bond donors (Lipinski definition) is 4. The highest BCUT2D eigenvalue weighted by molar-refractivity contribution is 6.74. The van der Waals surface area contributed by atoms with Crippen molar-refractivity contribution in [1.82, 2.24) is 10.6 Å². The van der Waals surface area contributed by atoms with Crippen molar-refractivity contribution in [3.8, 4) is 0 Å². The molecule has 11 nitrogen and oxygen atoms in total. The summed E-state index contributed by atoms with van der Waals surface area (Å²) >= 11 is 0. The highest BCUT2D eigenvalue weighted by Gasteiger charge is 2.56. The fourth-order valence-corrected chi connectivity index (χ4v) is 7.58. The molecule has 0 radical (unpaired) electrons. The largest absolute Gasteiger partial charge is 0.445 e. The van der Waals surface area contributed by atoms with Crippen LogP contribution in [0.5, 0.6) is 0 Å². The standard InChI is InChI=1S/C23H39NO5Si.C23H39NO4Si/c1-17(2)13-19(24-21(26)27-14-18-11-9-8-10-12-18)20(25)23(15-28-23)16-29-30(6,7)22(3,4)5;1-17(2)14-20(24-22(26)27-16-19-12-10-9-11-13-19)21(25)18(3)15-28-29(7,8)23(4,5)6/h8-12,17,19-20,25H,13-16H2,1-7H3,(H,24,26);9-13,17,20-21,25H,3,14-16H2,1-2,4-8H3,(H,24,26)/t19?,20-,23-;20?,21-/m01/s1. The van der Waals surface area contributed by atoms with Gasteiger partial charge in [-0.15, -0.1) is 0 Å². The quantitative estimate of drug-likeness (QED) is 0.0581. The third kappa shape index (κ3) is 17.8. The van der Waals surface area contributed by atoms with E-state index in [9.17, 15) is 19.8 Å². The Kier molecular flexibility index (Phi) is 20.0. The minimum Gasteiger partial charge on any atom is -0.445 e. The van der Waals surface area contributed by atoms with Crippen molar-refractivity contribution in [3.05, 3.63) is 83.9 Å². The van der Waals surface area contributed by atoms with Crippen LogP contribution in [-0.4, -0.2) is 88.7 Å². The molecule has 4 N–H and O–H groups in total. The first-order valence-electron chi connectivity index (χ1n) is 21.1. The Morgan fingerprint density at radius 1 is 0.729 bits per heavy atom. The molecule has 0 aromatic heterocycles. The maximum Gasteiger partial charge on any atom is 0.407 e. The topological polar surface area (TPSA) is 148 Å². The van der Waals surface area contributed by atoms with Gasteiger partial charge in [0.25, 0.3) is 0 Å². The molecule has 13 heteroatoms. The molecule has 5 atom stereocenters. The smallest absolute Gasteiger partial charge is 0.407 e. The van der Waals surface area contributed by atoms with Crippen LogP contribution in [0.3, 0.4) is 0 Å². The zero-order valence-electron chi connectivity index (χ0n) is 38.6. The van der Waals surface area contributed by atoms with E-state index in [-0.39, 0.29) is 41.7 Å². The average molecular weight is 859 g/mol. The first-order chi connectivity index (χ1) is 27.2. The van der Waals surface area contributed by atoms with Gasteiger partial charge in [0.05, 0.1) is 38.0 Å². The molecule has 2 aromatic rings. The van der Waals surface area contributed by atoms with Gasteiger partial charge in [-0.1, -0.05) is 136 Å². The summed E-state index contributed by atoms with van der Waals surface area (Å²) in [4.78, 5) is 24.7. The maximum atomic E-state index is 12.4. The first kappa shape index (κ1) is 52.1. The lowest BCUT2D eigenvalue weighted by atomic mass is 9.91. The van der Waals surface area contributed by atoms with Gasteiger partial charge >= 0.3 is 12.2 Å². The third-order valence-electron chi connectivity index (χ3n) is 11.6. The highest BCUT2D eigenvalue weighted by Crippen LogP contribution is 2.41. The molecule has 3 rings (SSSR count). The van der Waals surface area contributed by atoms with E-state index < -0.39 is 58.7 Å². The zero-order chi connectivity index (χ0) is 44.8. The molecule has 334 valence electrons. The Morgan fingerprint density at radius 2 is 1.12 bits per heavy atom. The van der Waals surface area contributed by atoms with Crippen molar-refractivity contribution < 1.29 is 42.9 Å². The Bertz CT molecular complexity index is 1570. The second-order valence-corrected chi connectivity index (χ2v) is 29.5. The number of benzene rings is 2. The van der Waals surface area contributed by atoms with Gasteiger partial charge in [-0.2, -0.15) is 0 Å². The van der Waals surface area contributed by atoms with Crippen molar-refractivity contribution >= 4 is 28.8 Å². The number of amides is 2. The summed E-state index contributed by atoms with van der Waals surface area (Å²) in [5.41, 5.74) is 1.64. The lowest BCUT2D eigenvalue weighted by Gasteiger charge is -2.38. The van der Waals surface area contributed by atoms with Crippen LogP contribution in [0.25, 0.3) is 0 Å². The van der Waals surface area contributed by atoms with E-state index in [2.05, 4.69) is 98.8 Å². The van der Waals surface area contributed by atoms with Crippen molar-refractivity contribution in [2.75, 3.05) is 19.8 Å². The molecule has 1 saturated heterocycles. The molecule has 0 aliphatic carbocycles. The predicted molar refractivity (Wildman–Crippen MR) is 242 cm³/mol. The molecule has 2 unspecified atom stereocenters. The predicted octanol–water partition coefficient (Wildman–Crippen LogP) is 9.75. The van der Waals surface area contributed by atoms with E-state index in [1.54, 1.807) is 0 Å². The number of carbonyl (C=O) groups excluding carboxylic acids is 2. The maximum absolute atomic E-state index is 12.4. The van der Waals surface area contributed by atoms with Crippen LogP contribution in [0, 0.1) is 11.8 Å². The van der Waals surface area contributed by atoms with Crippen LogP contribution >= 0.6 is 0 Å². The number of hydrogen-bond acceptors (Lipinski definition) is 9. The molecule has 59 heavy (non-hydrogen) atoms. The molecule has 0 spiro atoms. The lowest BCUT2D eigenvalue weighted by Crippen LogP contribution is -2.54. The molecule has 0 bridgehead atoms. The van der Waals surface area contributed by atoms with Crippen LogP contribution < -0.4 is 10.6 Å². The first-order valence-corrected chi connectivity index (χ1v) is 26.9. The molecule has 1 aliphatic rings. The van der Waals surface area contributed by atoms with Gasteiger partial charge in [0.2, 0.25) is 0 Å². The van der Waals surface area contributed by atoms with Gasteiger partial charge in [-0.3, -0.25) is 0 Å². The number of carbonyl (C=O) groups is 2. The fourth-order valence-electron chi connectivity index (χ4n) is 5.56. The van der Waals surface area contributed by atoms with Gasteiger partial charge < -0.3 is 43.9 Å². The summed E-state index contributed by atoms with van der Waals surface area (Å²) in [6.45, 7) is 35.4. The van der Waals surface area contributed by atoms with Gasteiger partial charge in [0, 0.05) is 0 Å². The SMILES string of the molecule is C=C(CO[Si](C)(C)C(C)(C)C)[C@@H](O)C(CC(C)C)NC(=O)OCc1ccccc1.CC(C)CC(NC(=O)OCc1ccccc1)[C@H](O)[C@@]1(CO[Si](C)(C)C(C)(C)C)CO1. The number of nitrogens with one attached hydrogen (secondary N) is 2. The van der Waals surface area contributed by atoms with Gasteiger partial charge in [0.15, 0.2) is 16.6 Å². The number of aliphatic hydroxyl groups excluding tert-OH is 2. The Morgan fingerprint density at radius 3 is 1.51 bits per heavy atom. The van der Waals surface area contributed by atoms with Crippen LogP contribution in [0.15, 0.2) is 72.8 Å². The summed E-state index contributed by atoms with van der Waals surface area (Å²) in [6.07, 6.45) is -1.62. The molecule has 2 amide bonds. The van der Waals surface area contributed by atoms with Crippen LogP contribution in [0.4, 0.5) is 9.59 Å². The second kappa shape index (κ2) is 22.7. The average Bonchev–Trinajstić information content (AvgIpc) is 3.94. The van der Waals surface area contributed by atoms with Crippen LogP contribution in [0.2, 0.25) is 36.3 Å². The Labute approximate surface area is 358 Å². The number of ether oxygens (including phenoxy) is 3. The summed E-state index contributed by atoms with van der Waals surface area (Å²) in [5.74, 6) is 0.578. The summed E-state index contributed by atoms with van der Waals surface area (Å²) in [5, 5.41) is 27.8. The van der Waals surface area contributed by atoms with Crippen molar-refractivity contribution in [3.63, 3.8) is 0 Å². The number of epoxide rings is 1. The molecular formula is C46H78N2O9Si2. The van der Waals surface area contributed by atoms with Gasteiger partial charge in [-0.25, -0.2) is 9.59 Å². The number of alkyl carbamates (subject to hydrolysis) is 2. The second-order valence-electron chi connectivity index (χ2n) is 19.9. The molecule has 0 saturated carbocycles. The third-order valence-corrected chi connectivity index (χ3v) is 20.6. The van der Waals surface area contributed by atoms with Crippen molar-refractivity contribution in [1.29, 1.82) is 0 Å². The van der Waals surface area contributed by atoms with Crippen molar-refractivity contribution in [2.45, 2.75) is 161 Å². The van der Waals surface area contributed by atoms with E-state index in [1.165, 1.54) is 0 Å². The Balaban J connectivity index is 0.000000407. The molecule has 1 heterocycles. The van der Waals surface area contributed by atoms with Crippen molar-refractivity contribution in [2.24, 2.45) is 11.8 Å². The Hall–Kier alpha value is -3.05. The van der Waals surface area contributed by atoms with E-state index in [1.807, 2.05) is 74.5 Å². The molecule has 1 aliphatic heterocycles. The van der Waals surface area contributed by atoms with Crippen LogP contribution in [-0.2, 0) is 36.3 Å². The minimum atomic E-state index is -1.97. The number of rotatable bonds is 20. The normalized spacial score (nSPS) is 17.9. The van der Waals surface area contributed by atoms with E-state index >= 15 is 0 Å². The van der Waals surface area contributed by atoms with Gasteiger partial charge in [0.1, 0.15) is 24.9 Å². The summed E-state index contributed by atoms with van der Waals surface area (Å²) in [7, 11) is -3.92. The molecular weight excluding hydrogens is 781 g/mol. The van der Waals surface area contributed by atoms with Gasteiger partial charge in [-0.05, 0) is 77.6 Å². The van der Waals surface area contributed by atoms with E-state index in [0.29, 0.717) is 31.6 Å². The van der Waals surface area contributed by atoms with E-state index in [4.69, 9.17) is 23.1 Å². The summed E-state index contributed by atoms with van der Waals surface area (Å²) < 4.78 is 28.9. The summed E-state index contributed by atoms with van der Waals surface area (Å²) in [6, 6.07) is 18.1. The number of aliphatic hydroxyl groups is 2. The highest BCUT2D eigenvalue weighted by atomic mass is 28.4. The molecule has 2 aromatic carbocycles. The minimum absolute atomic E-state index is 0.0743. The van der Waals surface area contributed by atoms with Crippen LogP contribution in [0.1, 0.15) is 93.2 Å². The molecule has 1 fully saturated rings. The monoisotopic (exact) mass is 859 g/mol. The zero-order valence-corrected chi connectivity index (χ0v) is 40.6. The fraction of sp³-hybridized carbons (Fsp3) is 0.652. The van der Waals surface area contributed by atoms with E-state index in [0.717, 1.165) is 11.1 Å². The lowest BCUT2D eigenvalue weighted by molar-refractivity contribution is 0.00921.